The molecule has 0 aliphatic heterocycles. The van der Waals surface area contributed by atoms with Gasteiger partial charge < -0.3 is 10.4 Å². The molecular weight excluding hydrogens is 273 g/mol. The zero-order chi connectivity index (χ0) is 15.2. The first-order chi connectivity index (χ1) is 10.1. The third-order valence-electron chi connectivity index (χ3n) is 3.14. The van der Waals surface area contributed by atoms with Crippen molar-refractivity contribution >= 4 is 5.91 Å². The molecule has 0 aliphatic carbocycles. The number of halogens is 1. The van der Waals surface area contributed by atoms with E-state index in [0.717, 1.165) is 5.56 Å². The predicted molar refractivity (Wildman–Crippen MR) is 77.2 cm³/mol. The van der Waals surface area contributed by atoms with Gasteiger partial charge >= 0.3 is 0 Å². The summed E-state index contributed by atoms with van der Waals surface area (Å²) in [5.74, 6) is -0.564. The molecule has 1 aromatic carbocycles. The van der Waals surface area contributed by atoms with E-state index in [-0.39, 0.29) is 24.4 Å². The second-order valence-electron chi connectivity index (χ2n) is 4.91. The fraction of sp³-hybridized carbons (Fsp3) is 0.333. The number of amides is 1. The normalized spacial score (nSPS) is 12.1. The van der Waals surface area contributed by atoms with Crippen molar-refractivity contribution in [3.05, 3.63) is 41.8 Å². The van der Waals surface area contributed by atoms with E-state index in [0.29, 0.717) is 24.2 Å². The van der Waals surface area contributed by atoms with Crippen molar-refractivity contribution in [3.8, 4) is 11.3 Å². The molecule has 112 valence electrons. The molecule has 1 amide bonds. The number of H-pyrrole nitrogens is 1. The molecule has 0 spiro atoms. The minimum absolute atomic E-state index is 0.0257. The molecule has 0 fully saturated rings. The Morgan fingerprint density at radius 1 is 1.43 bits per heavy atom. The van der Waals surface area contributed by atoms with E-state index in [9.17, 15) is 9.18 Å². The number of nitrogens with zero attached hydrogens (tertiary/aromatic N) is 1. The lowest BCUT2D eigenvalue weighted by Crippen LogP contribution is -2.32. The van der Waals surface area contributed by atoms with E-state index in [2.05, 4.69) is 15.5 Å². The van der Waals surface area contributed by atoms with Gasteiger partial charge in [-0.15, -0.1) is 0 Å². The van der Waals surface area contributed by atoms with E-state index >= 15 is 0 Å². The number of hydrogen-bond donors (Lipinski definition) is 3. The first-order valence-corrected chi connectivity index (χ1v) is 6.83. The largest absolute Gasteiger partial charge is 0.396 e. The first-order valence-electron chi connectivity index (χ1n) is 6.83. The van der Waals surface area contributed by atoms with Gasteiger partial charge in [0.05, 0.1) is 5.69 Å². The Morgan fingerprint density at radius 3 is 2.81 bits per heavy atom. The first kappa shape index (κ1) is 15.2. The van der Waals surface area contributed by atoms with Crippen LogP contribution in [0.4, 0.5) is 4.39 Å². The molecular formula is C15H18FN3O2. The average Bonchev–Trinajstić information content (AvgIpc) is 2.96. The molecule has 0 saturated carbocycles. The van der Waals surface area contributed by atoms with Gasteiger partial charge in [0.2, 0.25) is 0 Å². The molecule has 0 bridgehead atoms. The van der Waals surface area contributed by atoms with Gasteiger partial charge in [0.1, 0.15) is 11.5 Å². The predicted octanol–water partition coefficient (Wildman–Crippen LogP) is 2.11. The van der Waals surface area contributed by atoms with Crippen LogP contribution < -0.4 is 5.32 Å². The highest BCUT2D eigenvalue weighted by Gasteiger charge is 2.13. The second-order valence-corrected chi connectivity index (χ2v) is 4.91. The number of carbonyl (C=O) groups excluding carboxylic acids is 1. The third-order valence-corrected chi connectivity index (χ3v) is 3.14. The maximum atomic E-state index is 12.9. The highest BCUT2D eigenvalue weighted by Crippen LogP contribution is 2.18. The lowest BCUT2D eigenvalue weighted by molar-refractivity contribution is 0.0931. The van der Waals surface area contributed by atoms with Gasteiger partial charge in [0.15, 0.2) is 0 Å². The Morgan fingerprint density at radius 2 is 2.14 bits per heavy atom. The van der Waals surface area contributed by atoms with E-state index in [4.69, 9.17) is 5.11 Å². The molecule has 0 saturated heterocycles. The summed E-state index contributed by atoms with van der Waals surface area (Å²) in [6, 6.07) is 7.51. The van der Waals surface area contributed by atoms with Gasteiger partial charge in [-0.05, 0) is 50.1 Å². The van der Waals surface area contributed by atoms with E-state index in [1.807, 2.05) is 6.92 Å². The molecule has 3 N–H and O–H groups in total. The van der Waals surface area contributed by atoms with Crippen LogP contribution in [0, 0.1) is 5.82 Å². The fourth-order valence-corrected chi connectivity index (χ4v) is 1.98. The number of aromatic amines is 1. The van der Waals surface area contributed by atoms with E-state index < -0.39 is 0 Å². The fourth-order valence-electron chi connectivity index (χ4n) is 1.98. The summed E-state index contributed by atoms with van der Waals surface area (Å²) in [5.41, 5.74) is 1.67. The molecule has 21 heavy (non-hydrogen) atoms. The Labute approximate surface area is 122 Å². The van der Waals surface area contributed by atoms with Crippen LogP contribution in [0.5, 0.6) is 0 Å². The molecule has 1 aromatic heterocycles. The van der Waals surface area contributed by atoms with Crippen molar-refractivity contribution in [1.82, 2.24) is 15.5 Å². The Kier molecular flexibility index (Phi) is 5.05. The number of hydrogen-bond acceptors (Lipinski definition) is 3. The zero-order valence-electron chi connectivity index (χ0n) is 11.8. The summed E-state index contributed by atoms with van der Waals surface area (Å²) < 4.78 is 12.9. The Balaban J connectivity index is 2.02. The zero-order valence-corrected chi connectivity index (χ0v) is 11.8. The summed E-state index contributed by atoms with van der Waals surface area (Å²) in [4.78, 5) is 12.0. The van der Waals surface area contributed by atoms with Crippen LogP contribution in [0.15, 0.2) is 30.3 Å². The summed E-state index contributed by atoms with van der Waals surface area (Å²) in [6.45, 7) is 1.99. The highest BCUT2D eigenvalue weighted by atomic mass is 19.1. The molecule has 2 aromatic rings. The average molecular weight is 291 g/mol. The number of rotatable bonds is 6. The van der Waals surface area contributed by atoms with Gasteiger partial charge in [-0.2, -0.15) is 5.10 Å². The lowest BCUT2D eigenvalue weighted by Gasteiger charge is -2.11. The standard InChI is InChI=1S/C15H18FN3O2/c1-10(3-2-8-20)17-15(21)14-9-13(18-19-14)11-4-6-12(16)7-5-11/h4-7,9-10,20H,2-3,8H2,1H3,(H,17,21)(H,18,19). The molecule has 0 radical (unpaired) electrons. The smallest absolute Gasteiger partial charge is 0.269 e. The van der Waals surface area contributed by atoms with Crippen LogP contribution in [-0.2, 0) is 0 Å². The van der Waals surface area contributed by atoms with Gasteiger partial charge in [0.25, 0.3) is 5.91 Å². The van der Waals surface area contributed by atoms with Gasteiger partial charge in [-0.3, -0.25) is 9.89 Å². The van der Waals surface area contributed by atoms with Crippen molar-refractivity contribution in [2.45, 2.75) is 25.8 Å². The van der Waals surface area contributed by atoms with Crippen LogP contribution in [0.2, 0.25) is 0 Å². The third kappa shape index (κ3) is 4.13. The van der Waals surface area contributed by atoms with Crippen molar-refractivity contribution in [3.63, 3.8) is 0 Å². The number of nitrogens with one attached hydrogen (secondary N) is 2. The van der Waals surface area contributed by atoms with Crippen LogP contribution in [-0.4, -0.2) is 33.9 Å². The summed E-state index contributed by atoms with van der Waals surface area (Å²) in [6.07, 6.45) is 1.35. The quantitative estimate of drug-likeness (QED) is 0.762. The van der Waals surface area contributed by atoms with Crippen molar-refractivity contribution in [1.29, 1.82) is 0 Å². The number of aliphatic hydroxyl groups is 1. The topological polar surface area (TPSA) is 78.0 Å². The molecule has 2 rings (SSSR count). The Bertz CT molecular complexity index is 595. The van der Waals surface area contributed by atoms with Crippen LogP contribution in [0.25, 0.3) is 11.3 Å². The van der Waals surface area contributed by atoms with Gasteiger partial charge in [-0.1, -0.05) is 0 Å². The molecule has 6 heteroatoms. The minimum atomic E-state index is -0.315. The van der Waals surface area contributed by atoms with Crippen molar-refractivity contribution < 1.29 is 14.3 Å². The lowest BCUT2D eigenvalue weighted by atomic mass is 10.1. The monoisotopic (exact) mass is 291 g/mol. The molecule has 1 unspecified atom stereocenters. The minimum Gasteiger partial charge on any atom is -0.396 e. The molecule has 1 atom stereocenters. The number of aromatic nitrogens is 2. The highest BCUT2D eigenvalue weighted by molar-refractivity contribution is 5.93. The number of carbonyl (C=O) groups is 1. The van der Waals surface area contributed by atoms with E-state index in [1.54, 1.807) is 18.2 Å². The van der Waals surface area contributed by atoms with Crippen LogP contribution in [0.1, 0.15) is 30.3 Å². The summed E-state index contributed by atoms with van der Waals surface area (Å²) in [7, 11) is 0. The molecule has 0 aliphatic rings. The van der Waals surface area contributed by atoms with E-state index in [1.165, 1.54) is 12.1 Å². The SMILES string of the molecule is CC(CCCO)NC(=O)c1cc(-c2ccc(F)cc2)n[nH]1. The Hall–Kier alpha value is -2.21. The maximum Gasteiger partial charge on any atom is 0.269 e. The second kappa shape index (κ2) is 6.99. The molecule has 1 heterocycles. The summed E-state index contributed by atoms with van der Waals surface area (Å²) in [5, 5.41) is 18.3. The number of aliphatic hydroxyl groups excluding tert-OH is 1. The van der Waals surface area contributed by atoms with Crippen molar-refractivity contribution in [2.24, 2.45) is 0 Å². The van der Waals surface area contributed by atoms with Crippen molar-refractivity contribution in [2.75, 3.05) is 6.61 Å². The molecule has 5 nitrogen and oxygen atoms in total. The maximum absolute atomic E-state index is 12.9. The number of benzene rings is 1. The van der Waals surface area contributed by atoms with Gasteiger partial charge in [0, 0.05) is 18.2 Å². The summed E-state index contributed by atoms with van der Waals surface area (Å²) >= 11 is 0. The van der Waals surface area contributed by atoms with Gasteiger partial charge in [-0.25, -0.2) is 4.39 Å². The van der Waals surface area contributed by atoms with Crippen LogP contribution in [0.3, 0.4) is 0 Å². The van der Waals surface area contributed by atoms with Crippen LogP contribution >= 0.6 is 0 Å².